The van der Waals surface area contributed by atoms with Crippen LogP contribution in [0.3, 0.4) is 0 Å². The zero-order valence-electron chi connectivity index (χ0n) is 14.7. The zero-order chi connectivity index (χ0) is 17.2. The summed E-state index contributed by atoms with van der Waals surface area (Å²) >= 11 is 0. The summed E-state index contributed by atoms with van der Waals surface area (Å²) in [6.07, 6.45) is 2.36. The predicted octanol–water partition coefficient (Wildman–Crippen LogP) is 3.34. The molecule has 2 aromatic carbocycles. The van der Waals surface area contributed by atoms with E-state index in [2.05, 4.69) is 60.9 Å². The number of hydrogen-bond donors (Lipinski definition) is 2. The van der Waals surface area contributed by atoms with Crippen LogP contribution in [0, 0.1) is 0 Å². The Morgan fingerprint density at radius 2 is 1.33 bits per heavy atom. The van der Waals surface area contributed by atoms with E-state index in [1.807, 2.05) is 24.3 Å². The highest BCUT2D eigenvalue weighted by molar-refractivity contribution is 5.76. The third-order valence-electron chi connectivity index (χ3n) is 4.02. The van der Waals surface area contributed by atoms with E-state index < -0.39 is 0 Å². The van der Waals surface area contributed by atoms with Crippen molar-refractivity contribution in [1.82, 2.24) is 10.6 Å². The molecule has 0 aliphatic rings. The van der Waals surface area contributed by atoms with Crippen LogP contribution in [0.4, 0.5) is 0 Å². The summed E-state index contributed by atoms with van der Waals surface area (Å²) in [5.74, 6) is 0.109. The summed E-state index contributed by atoms with van der Waals surface area (Å²) < 4.78 is 0. The molecule has 2 atom stereocenters. The largest absolute Gasteiger partial charge is 0.353 e. The molecule has 2 aromatic rings. The lowest BCUT2D eigenvalue weighted by atomic mass is 10.1. The highest BCUT2D eigenvalue weighted by Gasteiger charge is 2.09. The van der Waals surface area contributed by atoms with Crippen molar-refractivity contribution in [2.75, 3.05) is 6.54 Å². The maximum Gasteiger partial charge on any atom is 0.221 e. The molecule has 0 bridgehead atoms. The quantitative estimate of drug-likeness (QED) is 0.743. The summed E-state index contributed by atoms with van der Waals surface area (Å²) in [5.41, 5.74) is 2.57. The first-order chi connectivity index (χ1) is 11.6. The maximum atomic E-state index is 12.0. The van der Waals surface area contributed by atoms with Crippen molar-refractivity contribution in [1.29, 1.82) is 0 Å². The molecule has 3 heteroatoms. The standard InChI is InChI=1S/C21H28N2O/c1-17(15-19-9-5-3-6-10-19)22-14-13-21(24)23-18(2)16-20-11-7-4-8-12-20/h3-12,17-18,22H,13-16H2,1-2H3,(H,23,24)/t17-,18-/m1/s1. The lowest BCUT2D eigenvalue weighted by molar-refractivity contribution is -0.121. The number of benzene rings is 2. The highest BCUT2D eigenvalue weighted by atomic mass is 16.1. The van der Waals surface area contributed by atoms with Crippen molar-refractivity contribution >= 4 is 5.91 Å². The van der Waals surface area contributed by atoms with Gasteiger partial charge in [0, 0.05) is 25.0 Å². The van der Waals surface area contributed by atoms with Crippen molar-refractivity contribution < 1.29 is 4.79 Å². The van der Waals surface area contributed by atoms with E-state index in [1.54, 1.807) is 0 Å². The lowest BCUT2D eigenvalue weighted by Crippen LogP contribution is -2.37. The van der Waals surface area contributed by atoms with Crippen LogP contribution in [-0.2, 0) is 17.6 Å². The molecule has 24 heavy (non-hydrogen) atoms. The molecule has 1 amide bonds. The van der Waals surface area contributed by atoms with Crippen LogP contribution >= 0.6 is 0 Å². The molecule has 2 N–H and O–H groups in total. The van der Waals surface area contributed by atoms with E-state index in [-0.39, 0.29) is 11.9 Å². The molecule has 0 fully saturated rings. The number of carbonyl (C=O) groups is 1. The van der Waals surface area contributed by atoms with Crippen LogP contribution in [0.1, 0.15) is 31.4 Å². The Bertz CT molecular complexity index is 598. The molecule has 0 aliphatic heterocycles. The SMILES string of the molecule is C[C@H](Cc1ccccc1)NCCC(=O)N[C@H](C)Cc1ccccc1. The van der Waals surface area contributed by atoms with Gasteiger partial charge in [-0.05, 0) is 37.8 Å². The molecule has 0 unspecified atom stereocenters. The normalized spacial score (nSPS) is 13.2. The number of hydrogen-bond acceptors (Lipinski definition) is 2. The summed E-state index contributed by atoms with van der Waals surface area (Å²) in [5, 5.41) is 6.50. The average molecular weight is 324 g/mol. The van der Waals surface area contributed by atoms with Crippen LogP contribution in [0.5, 0.6) is 0 Å². The second-order valence-electron chi connectivity index (χ2n) is 6.45. The molecule has 0 aromatic heterocycles. The van der Waals surface area contributed by atoms with Crippen LogP contribution in [0.2, 0.25) is 0 Å². The molecule has 0 saturated heterocycles. The number of nitrogens with one attached hydrogen (secondary N) is 2. The molecule has 0 saturated carbocycles. The van der Waals surface area contributed by atoms with Crippen LogP contribution in [-0.4, -0.2) is 24.5 Å². The van der Waals surface area contributed by atoms with Crippen molar-refractivity contribution in [3.05, 3.63) is 71.8 Å². The van der Waals surface area contributed by atoms with E-state index in [0.717, 1.165) is 12.8 Å². The van der Waals surface area contributed by atoms with Gasteiger partial charge in [-0.15, -0.1) is 0 Å². The Hall–Kier alpha value is -2.13. The van der Waals surface area contributed by atoms with Crippen molar-refractivity contribution in [3.8, 4) is 0 Å². The first-order valence-electron chi connectivity index (χ1n) is 8.74. The van der Waals surface area contributed by atoms with Gasteiger partial charge in [0.2, 0.25) is 5.91 Å². The monoisotopic (exact) mass is 324 g/mol. The Kier molecular flexibility index (Phi) is 7.50. The van der Waals surface area contributed by atoms with Gasteiger partial charge < -0.3 is 10.6 Å². The average Bonchev–Trinajstić information content (AvgIpc) is 2.56. The highest BCUT2D eigenvalue weighted by Crippen LogP contribution is 2.04. The second kappa shape index (κ2) is 9.89. The maximum absolute atomic E-state index is 12.0. The van der Waals surface area contributed by atoms with E-state index >= 15 is 0 Å². The molecule has 2 rings (SSSR count). The van der Waals surface area contributed by atoms with Gasteiger partial charge in [0.15, 0.2) is 0 Å². The third kappa shape index (κ3) is 6.97. The minimum absolute atomic E-state index is 0.109. The van der Waals surface area contributed by atoms with Gasteiger partial charge in [0.25, 0.3) is 0 Å². The predicted molar refractivity (Wildman–Crippen MR) is 100.0 cm³/mol. The summed E-state index contributed by atoms with van der Waals surface area (Å²) in [6, 6.07) is 21.2. The van der Waals surface area contributed by atoms with Crippen LogP contribution in [0.15, 0.2) is 60.7 Å². The lowest BCUT2D eigenvalue weighted by Gasteiger charge is -2.16. The molecule has 0 heterocycles. The molecule has 0 spiro atoms. The van der Waals surface area contributed by atoms with Crippen molar-refractivity contribution in [2.45, 2.75) is 45.2 Å². The van der Waals surface area contributed by atoms with Gasteiger partial charge in [-0.1, -0.05) is 60.7 Å². The van der Waals surface area contributed by atoms with E-state index in [0.29, 0.717) is 19.0 Å². The Balaban J connectivity index is 1.62. The molecular weight excluding hydrogens is 296 g/mol. The summed E-state index contributed by atoms with van der Waals surface area (Å²) in [6.45, 7) is 4.91. The van der Waals surface area contributed by atoms with E-state index in [9.17, 15) is 4.79 Å². The van der Waals surface area contributed by atoms with Gasteiger partial charge in [0.05, 0.1) is 0 Å². The Morgan fingerprint density at radius 1 is 0.833 bits per heavy atom. The summed E-state index contributed by atoms with van der Waals surface area (Å²) in [4.78, 5) is 12.0. The fourth-order valence-corrected chi connectivity index (χ4v) is 2.84. The van der Waals surface area contributed by atoms with E-state index in [4.69, 9.17) is 0 Å². The number of rotatable bonds is 9. The van der Waals surface area contributed by atoms with Gasteiger partial charge in [-0.3, -0.25) is 4.79 Å². The smallest absolute Gasteiger partial charge is 0.221 e. The van der Waals surface area contributed by atoms with Gasteiger partial charge in [-0.2, -0.15) is 0 Å². The van der Waals surface area contributed by atoms with Gasteiger partial charge in [0.1, 0.15) is 0 Å². The van der Waals surface area contributed by atoms with Crippen LogP contribution in [0.25, 0.3) is 0 Å². The minimum atomic E-state index is 0.109. The fraction of sp³-hybridized carbons (Fsp3) is 0.381. The first-order valence-corrected chi connectivity index (χ1v) is 8.74. The fourth-order valence-electron chi connectivity index (χ4n) is 2.84. The third-order valence-corrected chi connectivity index (χ3v) is 4.02. The molecule has 0 radical (unpaired) electrons. The van der Waals surface area contributed by atoms with Gasteiger partial charge in [-0.25, -0.2) is 0 Å². The number of amides is 1. The van der Waals surface area contributed by atoms with Crippen LogP contribution < -0.4 is 10.6 Å². The Labute approximate surface area is 145 Å². The molecule has 3 nitrogen and oxygen atoms in total. The van der Waals surface area contributed by atoms with Crippen molar-refractivity contribution in [2.24, 2.45) is 0 Å². The zero-order valence-corrected chi connectivity index (χ0v) is 14.7. The van der Waals surface area contributed by atoms with E-state index in [1.165, 1.54) is 11.1 Å². The molecular formula is C21H28N2O. The first kappa shape index (κ1) is 18.2. The molecule has 128 valence electrons. The topological polar surface area (TPSA) is 41.1 Å². The molecule has 0 aliphatic carbocycles. The minimum Gasteiger partial charge on any atom is -0.353 e. The van der Waals surface area contributed by atoms with Gasteiger partial charge >= 0.3 is 0 Å². The summed E-state index contributed by atoms with van der Waals surface area (Å²) in [7, 11) is 0. The second-order valence-corrected chi connectivity index (χ2v) is 6.45. The van der Waals surface area contributed by atoms with Crippen molar-refractivity contribution in [3.63, 3.8) is 0 Å². The number of carbonyl (C=O) groups excluding carboxylic acids is 1. The Morgan fingerprint density at radius 3 is 1.88 bits per heavy atom.